The van der Waals surface area contributed by atoms with E-state index in [1.807, 2.05) is 37.3 Å². The predicted molar refractivity (Wildman–Crippen MR) is 140 cm³/mol. The Hall–Kier alpha value is -4.81. The molecule has 1 amide bonds. The zero-order valence-electron chi connectivity index (χ0n) is 22.4. The second-order valence-electron chi connectivity index (χ2n) is 9.84. The number of halogens is 4. The third kappa shape index (κ3) is 6.09. The Labute approximate surface area is 236 Å². The molecule has 13 heteroatoms. The number of amides is 1. The number of hydrogen-bond donors (Lipinski definition) is 1. The van der Waals surface area contributed by atoms with E-state index < -0.39 is 23.9 Å². The van der Waals surface area contributed by atoms with Crippen LogP contribution in [-0.4, -0.2) is 44.3 Å². The molecule has 1 aliphatic rings. The van der Waals surface area contributed by atoms with Gasteiger partial charge in [-0.1, -0.05) is 43.3 Å². The zero-order chi connectivity index (χ0) is 30.0. The number of aryl methyl sites for hydroxylation is 1. The fourth-order valence-corrected chi connectivity index (χ4v) is 4.87. The molecule has 42 heavy (non-hydrogen) atoms. The monoisotopic (exact) mass is 584 g/mol. The Morgan fingerprint density at radius 2 is 1.81 bits per heavy atom. The van der Waals surface area contributed by atoms with Crippen molar-refractivity contribution in [3.8, 4) is 0 Å². The SMILES string of the molecule is CCc1cc(Cc2ccc(F)c(C(=O)N3CCn4c(Cc5ccccc5)c[n+](OC(=O)C(F)(F)F)c4C3)c2)n[nH]c1=O. The number of fused-ring (bicyclic) bond motifs is 1. The number of nitrogens with zero attached hydrogens (tertiary/aromatic N) is 4. The number of imidazole rings is 1. The van der Waals surface area contributed by atoms with Crippen molar-refractivity contribution >= 4 is 11.9 Å². The summed E-state index contributed by atoms with van der Waals surface area (Å²) in [6.45, 7) is 1.92. The van der Waals surface area contributed by atoms with E-state index >= 15 is 0 Å². The van der Waals surface area contributed by atoms with Gasteiger partial charge in [0.25, 0.3) is 11.5 Å². The molecular weight excluding hydrogens is 558 g/mol. The highest BCUT2D eigenvalue weighted by molar-refractivity contribution is 5.94. The van der Waals surface area contributed by atoms with E-state index in [9.17, 15) is 31.9 Å². The minimum atomic E-state index is -5.23. The highest BCUT2D eigenvalue weighted by Gasteiger charge is 2.45. The number of carbonyl (C=O) groups excluding carboxylic acids is 2. The third-order valence-corrected chi connectivity index (χ3v) is 6.99. The average molecular weight is 585 g/mol. The molecule has 5 rings (SSSR count). The van der Waals surface area contributed by atoms with Gasteiger partial charge < -0.3 is 4.90 Å². The predicted octanol–water partition coefficient (Wildman–Crippen LogP) is 2.92. The molecule has 0 radical (unpaired) electrons. The Bertz CT molecular complexity index is 1700. The van der Waals surface area contributed by atoms with Crippen LogP contribution in [0.15, 0.2) is 65.6 Å². The molecule has 0 atom stereocenters. The maximum atomic E-state index is 14.9. The number of rotatable bonds is 7. The van der Waals surface area contributed by atoms with Crippen LogP contribution in [0.5, 0.6) is 0 Å². The van der Waals surface area contributed by atoms with Gasteiger partial charge in [0.1, 0.15) is 18.9 Å². The molecule has 2 aromatic carbocycles. The van der Waals surface area contributed by atoms with Crippen LogP contribution in [0.1, 0.15) is 51.2 Å². The van der Waals surface area contributed by atoms with Crippen molar-refractivity contribution in [3.05, 3.63) is 116 Å². The quantitative estimate of drug-likeness (QED) is 0.266. The van der Waals surface area contributed by atoms with Crippen LogP contribution in [0.2, 0.25) is 0 Å². The van der Waals surface area contributed by atoms with E-state index in [0.29, 0.717) is 35.4 Å². The van der Waals surface area contributed by atoms with Gasteiger partial charge in [-0.25, -0.2) is 23.7 Å². The van der Waals surface area contributed by atoms with Gasteiger partial charge in [0, 0.05) is 18.4 Å². The average Bonchev–Trinajstić information content (AvgIpc) is 3.30. The number of hydrogen-bond acceptors (Lipinski definition) is 5. The van der Waals surface area contributed by atoms with Crippen molar-refractivity contribution in [1.29, 1.82) is 0 Å². The first-order valence-corrected chi connectivity index (χ1v) is 13.1. The first-order chi connectivity index (χ1) is 20.0. The topological polar surface area (TPSA) is 101 Å². The molecule has 0 spiro atoms. The van der Waals surface area contributed by atoms with Crippen LogP contribution < -0.4 is 15.1 Å². The number of aromatic nitrogens is 4. The molecule has 1 N–H and O–H groups in total. The van der Waals surface area contributed by atoms with Crippen molar-refractivity contribution in [3.63, 3.8) is 0 Å². The molecule has 0 unspecified atom stereocenters. The Balaban J connectivity index is 1.42. The highest BCUT2D eigenvalue weighted by atomic mass is 19.4. The number of nitrogens with one attached hydrogen (secondary N) is 1. The molecule has 1 aliphatic heterocycles. The molecular formula is C29H26F4N5O4+. The highest BCUT2D eigenvalue weighted by Crippen LogP contribution is 2.22. The van der Waals surface area contributed by atoms with Crippen molar-refractivity contribution in [1.82, 2.24) is 19.7 Å². The maximum absolute atomic E-state index is 14.9. The fraction of sp³-hybridized carbons (Fsp3) is 0.276. The van der Waals surface area contributed by atoms with E-state index in [1.54, 1.807) is 10.6 Å². The molecule has 0 bridgehead atoms. The van der Waals surface area contributed by atoms with Crippen molar-refractivity contribution < 1.29 is 36.7 Å². The second kappa shape index (κ2) is 11.6. The summed E-state index contributed by atoms with van der Waals surface area (Å²) in [5.74, 6) is -3.73. The molecule has 3 heterocycles. The van der Waals surface area contributed by atoms with Gasteiger partial charge >= 0.3 is 18.0 Å². The number of benzene rings is 2. The molecule has 2 aromatic heterocycles. The van der Waals surface area contributed by atoms with Gasteiger partial charge in [-0.05, 0) is 40.5 Å². The summed E-state index contributed by atoms with van der Waals surface area (Å²) in [4.78, 5) is 42.9. The van der Waals surface area contributed by atoms with Crippen LogP contribution >= 0.6 is 0 Å². The lowest BCUT2D eigenvalue weighted by atomic mass is 10.0. The molecule has 0 saturated carbocycles. The zero-order valence-corrected chi connectivity index (χ0v) is 22.4. The van der Waals surface area contributed by atoms with Gasteiger partial charge in [0.15, 0.2) is 11.9 Å². The molecule has 9 nitrogen and oxygen atoms in total. The van der Waals surface area contributed by atoms with Gasteiger partial charge in [-0.2, -0.15) is 18.3 Å². The van der Waals surface area contributed by atoms with E-state index in [-0.39, 0.29) is 43.0 Å². The first-order valence-electron chi connectivity index (χ1n) is 13.1. The van der Waals surface area contributed by atoms with Crippen LogP contribution in [-0.2, 0) is 37.1 Å². The largest absolute Gasteiger partial charge is 0.495 e. The lowest BCUT2D eigenvalue weighted by Crippen LogP contribution is -2.54. The van der Waals surface area contributed by atoms with Gasteiger partial charge in [-0.15, -0.1) is 0 Å². The normalized spacial score (nSPS) is 13.1. The van der Waals surface area contributed by atoms with E-state index in [0.717, 1.165) is 16.4 Å². The smallest absolute Gasteiger partial charge is 0.322 e. The van der Waals surface area contributed by atoms with Crippen LogP contribution in [0, 0.1) is 5.82 Å². The fourth-order valence-electron chi connectivity index (χ4n) is 4.87. The minimum Gasteiger partial charge on any atom is -0.322 e. The molecule has 218 valence electrons. The van der Waals surface area contributed by atoms with Crippen molar-refractivity contribution in [2.75, 3.05) is 6.54 Å². The number of alkyl halides is 3. The van der Waals surface area contributed by atoms with Crippen molar-refractivity contribution in [2.24, 2.45) is 0 Å². The lowest BCUT2D eigenvalue weighted by molar-refractivity contribution is -0.876. The Morgan fingerprint density at radius 1 is 1.05 bits per heavy atom. The van der Waals surface area contributed by atoms with Crippen LogP contribution in [0.4, 0.5) is 17.6 Å². The van der Waals surface area contributed by atoms with E-state index in [4.69, 9.17) is 0 Å². The van der Waals surface area contributed by atoms with Crippen LogP contribution in [0.3, 0.4) is 0 Å². The van der Waals surface area contributed by atoms with E-state index in [2.05, 4.69) is 15.0 Å². The third-order valence-electron chi connectivity index (χ3n) is 6.99. The summed E-state index contributed by atoms with van der Waals surface area (Å²) >= 11 is 0. The second-order valence-corrected chi connectivity index (χ2v) is 9.84. The summed E-state index contributed by atoms with van der Waals surface area (Å²) in [5, 5.41) is 6.45. The summed E-state index contributed by atoms with van der Waals surface area (Å²) in [5.41, 5.74) is 2.58. The van der Waals surface area contributed by atoms with E-state index in [1.165, 1.54) is 23.2 Å². The van der Waals surface area contributed by atoms with Crippen LogP contribution in [0.25, 0.3) is 0 Å². The molecule has 4 aromatic rings. The standard InChI is InChI=1S/C29H25F4N5O4/c1-2-20-15-21(34-35-26(20)39)12-19-8-9-24(30)23(14-19)27(40)36-10-11-37-22(13-18-6-4-3-5-7-18)16-38(25(37)17-36)42-28(41)29(31,32)33/h3-9,14-16H,2,10-13,17H2,1H3/p+1. The molecule has 0 saturated heterocycles. The van der Waals surface area contributed by atoms with Gasteiger partial charge in [0.2, 0.25) is 0 Å². The Kier molecular flexibility index (Phi) is 7.92. The van der Waals surface area contributed by atoms with Gasteiger partial charge in [-0.3, -0.25) is 9.59 Å². The lowest BCUT2D eigenvalue weighted by Gasteiger charge is -2.25. The number of aromatic amines is 1. The minimum absolute atomic E-state index is 0.124. The maximum Gasteiger partial charge on any atom is 0.495 e. The summed E-state index contributed by atoms with van der Waals surface area (Å²) < 4.78 is 56.4. The van der Waals surface area contributed by atoms with Crippen molar-refractivity contribution in [2.45, 2.75) is 45.5 Å². The number of H-pyrrole nitrogens is 1. The summed E-state index contributed by atoms with van der Waals surface area (Å²) in [7, 11) is 0. The molecule has 0 aliphatic carbocycles. The van der Waals surface area contributed by atoms with Gasteiger partial charge in [0.05, 0.1) is 17.8 Å². The summed E-state index contributed by atoms with van der Waals surface area (Å²) in [6.07, 6.45) is -2.87. The number of carbonyl (C=O) groups is 2. The molecule has 0 fully saturated rings. The first kappa shape index (κ1) is 28.7. The Morgan fingerprint density at radius 3 is 2.52 bits per heavy atom. The summed E-state index contributed by atoms with van der Waals surface area (Å²) in [6, 6.07) is 14.9.